The summed E-state index contributed by atoms with van der Waals surface area (Å²) in [5.74, 6) is 1.24. The van der Waals surface area contributed by atoms with E-state index >= 15 is 0 Å². The minimum Gasteiger partial charge on any atom is -0.414 e. The molecule has 0 spiro atoms. The molecular formula is C21H21ClFN3OS. The van der Waals surface area contributed by atoms with Crippen molar-refractivity contribution in [3.05, 3.63) is 75.7 Å². The Bertz CT molecular complexity index is 993. The molecule has 0 bridgehead atoms. The van der Waals surface area contributed by atoms with Gasteiger partial charge >= 0.3 is 0 Å². The molecule has 0 aliphatic heterocycles. The lowest BCUT2D eigenvalue weighted by molar-refractivity contribution is 0.336. The second-order valence-electron chi connectivity index (χ2n) is 7.15. The molecule has 0 unspecified atom stereocenters. The first-order valence-electron chi connectivity index (χ1n) is 9.41. The zero-order valence-corrected chi connectivity index (χ0v) is 16.8. The van der Waals surface area contributed by atoms with E-state index in [0.717, 1.165) is 30.7 Å². The number of nitrogens with zero attached hydrogens (tertiary/aromatic N) is 2. The summed E-state index contributed by atoms with van der Waals surface area (Å²) in [6.45, 7) is 0.339. The van der Waals surface area contributed by atoms with Gasteiger partial charge in [-0.15, -0.1) is 5.10 Å². The number of halogens is 2. The molecule has 1 aliphatic rings. The molecule has 4 rings (SSSR count). The summed E-state index contributed by atoms with van der Waals surface area (Å²) in [5, 5.41) is 8.44. The number of benzene rings is 2. The Labute approximate surface area is 173 Å². The lowest BCUT2D eigenvalue weighted by Gasteiger charge is -2.26. The molecule has 0 atom stereocenters. The van der Waals surface area contributed by atoms with E-state index in [1.54, 1.807) is 16.8 Å². The lowest BCUT2D eigenvalue weighted by Crippen LogP contribution is -2.14. The summed E-state index contributed by atoms with van der Waals surface area (Å²) in [5.41, 5.74) is 2.02. The maximum Gasteiger partial charge on any atom is 0.288 e. The van der Waals surface area contributed by atoms with Crippen LogP contribution in [-0.4, -0.2) is 9.78 Å². The van der Waals surface area contributed by atoms with E-state index in [4.69, 9.17) is 28.2 Å². The van der Waals surface area contributed by atoms with Crippen molar-refractivity contribution in [2.75, 3.05) is 5.32 Å². The molecule has 4 nitrogen and oxygen atoms in total. The molecule has 146 valence electrons. The number of hydrogen-bond acceptors (Lipinski definition) is 4. The average molecular weight is 418 g/mol. The summed E-state index contributed by atoms with van der Waals surface area (Å²) in [4.78, 5) is 0.332. The highest BCUT2D eigenvalue weighted by Gasteiger charge is 2.27. The summed E-state index contributed by atoms with van der Waals surface area (Å²) < 4.78 is 20.7. The largest absolute Gasteiger partial charge is 0.414 e. The smallest absolute Gasteiger partial charge is 0.288 e. The lowest BCUT2D eigenvalue weighted by atomic mass is 9.79. The van der Waals surface area contributed by atoms with Crippen molar-refractivity contribution in [2.45, 2.75) is 44.2 Å². The van der Waals surface area contributed by atoms with Crippen molar-refractivity contribution < 1.29 is 8.81 Å². The van der Waals surface area contributed by atoms with Crippen LogP contribution >= 0.6 is 23.8 Å². The fourth-order valence-electron chi connectivity index (χ4n) is 3.76. The van der Waals surface area contributed by atoms with Gasteiger partial charge in [0.2, 0.25) is 5.89 Å². The standard InChI is InChI=1S/C21H21ClFN3OS/c22-17-10-8-15(9-11-17)14-4-6-16(7-5-14)20-25-26(21(28)27-20)13-24-19-3-1-2-18(23)12-19/h1-3,8-12,14,16,24H,4-7,13H2. The molecule has 1 aromatic heterocycles. The van der Waals surface area contributed by atoms with Gasteiger partial charge in [0.05, 0.1) is 0 Å². The first-order valence-corrected chi connectivity index (χ1v) is 10.2. The Kier molecular flexibility index (Phi) is 5.78. The fourth-order valence-corrected chi connectivity index (χ4v) is 4.08. The number of nitrogens with one attached hydrogen (secondary N) is 1. The number of hydrogen-bond donors (Lipinski definition) is 1. The zero-order valence-electron chi connectivity index (χ0n) is 15.3. The van der Waals surface area contributed by atoms with E-state index < -0.39 is 0 Å². The molecule has 1 N–H and O–H groups in total. The molecule has 2 aromatic carbocycles. The van der Waals surface area contributed by atoms with Gasteiger partial charge in [-0.2, -0.15) is 0 Å². The van der Waals surface area contributed by atoms with E-state index in [1.165, 1.54) is 17.7 Å². The summed E-state index contributed by atoms with van der Waals surface area (Å²) in [6, 6.07) is 14.4. The van der Waals surface area contributed by atoms with Gasteiger partial charge in [-0.05, 0) is 79.7 Å². The van der Waals surface area contributed by atoms with Crippen molar-refractivity contribution in [2.24, 2.45) is 0 Å². The second kappa shape index (κ2) is 8.45. The Hall–Kier alpha value is -2.18. The van der Waals surface area contributed by atoms with E-state index in [0.29, 0.717) is 29.0 Å². The van der Waals surface area contributed by atoms with Crippen molar-refractivity contribution in [1.29, 1.82) is 0 Å². The Morgan fingerprint density at radius 3 is 2.54 bits per heavy atom. The summed E-state index contributed by atoms with van der Waals surface area (Å²) in [6.07, 6.45) is 4.20. The highest BCUT2D eigenvalue weighted by molar-refractivity contribution is 7.71. The third kappa shape index (κ3) is 4.45. The number of aromatic nitrogens is 2. The van der Waals surface area contributed by atoms with Crippen LogP contribution in [0.15, 0.2) is 52.9 Å². The van der Waals surface area contributed by atoms with Crippen LogP contribution in [-0.2, 0) is 6.67 Å². The van der Waals surface area contributed by atoms with Gasteiger partial charge in [0.15, 0.2) is 0 Å². The van der Waals surface area contributed by atoms with Crippen molar-refractivity contribution in [3.8, 4) is 0 Å². The molecule has 3 aromatic rings. The van der Waals surface area contributed by atoms with Gasteiger partial charge in [-0.1, -0.05) is 29.8 Å². The van der Waals surface area contributed by atoms with Gasteiger partial charge in [-0.25, -0.2) is 9.07 Å². The van der Waals surface area contributed by atoms with Crippen LogP contribution in [0.25, 0.3) is 0 Å². The predicted octanol–water partition coefficient (Wildman–Crippen LogP) is 6.51. The van der Waals surface area contributed by atoms with Crippen molar-refractivity contribution in [1.82, 2.24) is 9.78 Å². The molecule has 0 saturated heterocycles. The van der Waals surface area contributed by atoms with Crippen LogP contribution in [0, 0.1) is 10.7 Å². The topological polar surface area (TPSA) is 43.0 Å². The third-order valence-electron chi connectivity index (χ3n) is 5.30. The van der Waals surface area contributed by atoms with Gasteiger partial charge in [0.1, 0.15) is 12.5 Å². The molecule has 0 amide bonds. The van der Waals surface area contributed by atoms with Gasteiger partial charge in [0, 0.05) is 16.6 Å². The first-order chi connectivity index (χ1) is 13.6. The van der Waals surface area contributed by atoms with Gasteiger partial charge < -0.3 is 9.73 Å². The van der Waals surface area contributed by atoms with Crippen molar-refractivity contribution >= 4 is 29.5 Å². The SMILES string of the molecule is Fc1cccc(NCn2nc(C3CCC(c4ccc(Cl)cc4)CC3)oc2=S)c1. The minimum absolute atomic E-state index is 0.278. The molecule has 1 heterocycles. The van der Waals surface area contributed by atoms with E-state index in [-0.39, 0.29) is 11.7 Å². The van der Waals surface area contributed by atoms with Crippen LogP contribution in [0.3, 0.4) is 0 Å². The van der Waals surface area contributed by atoms with Gasteiger partial charge in [0.25, 0.3) is 4.84 Å². The Morgan fingerprint density at radius 1 is 1.11 bits per heavy atom. The Morgan fingerprint density at radius 2 is 1.82 bits per heavy atom. The molecule has 28 heavy (non-hydrogen) atoms. The van der Waals surface area contributed by atoms with Crippen LogP contribution in [0.2, 0.25) is 5.02 Å². The van der Waals surface area contributed by atoms with E-state index in [2.05, 4.69) is 22.5 Å². The maximum atomic E-state index is 13.3. The Balaban J connectivity index is 1.37. The number of anilines is 1. The first kappa shape index (κ1) is 19.2. The molecule has 0 radical (unpaired) electrons. The molecular weight excluding hydrogens is 397 g/mol. The third-order valence-corrected chi connectivity index (χ3v) is 5.84. The van der Waals surface area contributed by atoms with Gasteiger partial charge in [-0.3, -0.25) is 0 Å². The quantitative estimate of drug-likeness (QED) is 0.480. The minimum atomic E-state index is -0.285. The zero-order chi connectivity index (χ0) is 19.5. The normalized spacial score (nSPS) is 19.5. The molecule has 7 heteroatoms. The van der Waals surface area contributed by atoms with Crippen LogP contribution in [0.1, 0.15) is 49.0 Å². The maximum absolute atomic E-state index is 13.3. The fraction of sp³-hybridized carbons (Fsp3) is 0.333. The summed E-state index contributed by atoms with van der Waals surface area (Å²) in [7, 11) is 0. The van der Waals surface area contributed by atoms with Crippen LogP contribution in [0.5, 0.6) is 0 Å². The molecule has 1 aliphatic carbocycles. The van der Waals surface area contributed by atoms with E-state index in [9.17, 15) is 4.39 Å². The van der Waals surface area contributed by atoms with Crippen molar-refractivity contribution in [3.63, 3.8) is 0 Å². The highest BCUT2D eigenvalue weighted by Crippen LogP contribution is 2.40. The van der Waals surface area contributed by atoms with Crippen LogP contribution in [0.4, 0.5) is 10.1 Å². The summed E-state index contributed by atoms with van der Waals surface area (Å²) >= 11 is 11.3. The van der Waals surface area contributed by atoms with Crippen LogP contribution < -0.4 is 5.32 Å². The monoisotopic (exact) mass is 417 g/mol. The highest BCUT2D eigenvalue weighted by atomic mass is 35.5. The predicted molar refractivity (Wildman–Crippen MR) is 111 cm³/mol. The van der Waals surface area contributed by atoms with E-state index in [1.807, 2.05) is 12.1 Å². The molecule has 1 saturated carbocycles. The molecule has 1 fully saturated rings. The number of rotatable bonds is 5. The second-order valence-corrected chi connectivity index (χ2v) is 7.94. The average Bonchev–Trinajstić information content (AvgIpc) is 3.08.